The smallest absolute Gasteiger partial charge is 0.125 e. The molecule has 3 heteroatoms. The Kier molecular flexibility index (Phi) is 3.44. The number of methoxy groups -OCH3 is 2. The number of nitrogens with zero attached hydrogens (tertiary/aromatic N) is 1. The van der Waals surface area contributed by atoms with Crippen LogP contribution in [-0.2, 0) is 5.41 Å². The second kappa shape index (κ2) is 4.44. The van der Waals surface area contributed by atoms with E-state index in [9.17, 15) is 0 Å². The first-order chi connectivity index (χ1) is 7.46. The lowest BCUT2D eigenvalue weighted by molar-refractivity contribution is 0.386. The van der Waals surface area contributed by atoms with E-state index in [0.29, 0.717) is 0 Å². The predicted octanol–water partition coefficient (Wildman–Crippen LogP) is 2.81. The van der Waals surface area contributed by atoms with E-state index in [1.807, 2.05) is 32.9 Å². The maximum absolute atomic E-state index is 9.11. The fourth-order valence-corrected chi connectivity index (χ4v) is 1.51. The van der Waals surface area contributed by atoms with Crippen molar-refractivity contribution >= 4 is 0 Å². The van der Waals surface area contributed by atoms with Crippen molar-refractivity contribution in [1.29, 1.82) is 5.26 Å². The van der Waals surface area contributed by atoms with Crippen LogP contribution < -0.4 is 9.47 Å². The van der Waals surface area contributed by atoms with Gasteiger partial charge in [-0.3, -0.25) is 0 Å². The van der Waals surface area contributed by atoms with Crippen molar-refractivity contribution < 1.29 is 9.47 Å². The summed E-state index contributed by atoms with van der Waals surface area (Å²) in [7, 11) is 3.23. The van der Waals surface area contributed by atoms with E-state index in [1.54, 1.807) is 14.2 Å². The van der Waals surface area contributed by atoms with Gasteiger partial charge in [-0.1, -0.05) is 0 Å². The number of rotatable bonds is 3. The largest absolute Gasteiger partial charge is 0.496 e. The van der Waals surface area contributed by atoms with Gasteiger partial charge >= 0.3 is 0 Å². The average Bonchev–Trinajstić information content (AvgIpc) is 2.29. The minimum Gasteiger partial charge on any atom is -0.496 e. The fraction of sp³-hybridized carbons (Fsp3) is 0.462. The highest BCUT2D eigenvalue weighted by molar-refractivity contribution is 5.50. The predicted molar refractivity (Wildman–Crippen MR) is 62.9 cm³/mol. The molecule has 0 atom stereocenters. The first kappa shape index (κ1) is 12.4. The van der Waals surface area contributed by atoms with E-state index < -0.39 is 5.41 Å². The summed E-state index contributed by atoms with van der Waals surface area (Å²) in [5.74, 6) is 1.50. The molecule has 0 N–H and O–H groups in total. The molecule has 16 heavy (non-hydrogen) atoms. The Hall–Kier alpha value is -1.69. The molecule has 0 saturated heterocycles. The molecule has 0 radical (unpaired) electrons. The molecule has 0 bridgehead atoms. The highest BCUT2D eigenvalue weighted by Gasteiger charge is 2.22. The van der Waals surface area contributed by atoms with Gasteiger partial charge < -0.3 is 9.47 Å². The van der Waals surface area contributed by atoms with Gasteiger partial charge in [-0.2, -0.15) is 5.26 Å². The molecule has 1 aromatic carbocycles. The monoisotopic (exact) mass is 219 g/mol. The second-order valence-electron chi connectivity index (χ2n) is 4.24. The lowest BCUT2D eigenvalue weighted by Crippen LogP contribution is -2.14. The van der Waals surface area contributed by atoms with Gasteiger partial charge in [0.05, 0.1) is 25.7 Å². The van der Waals surface area contributed by atoms with E-state index in [-0.39, 0.29) is 0 Å². The highest BCUT2D eigenvalue weighted by Crippen LogP contribution is 2.34. The van der Waals surface area contributed by atoms with Crippen LogP contribution in [0.15, 0.2) is 12.1 Å². The van der Waals surface area contributed by atoms with E-state index in [2.05, 4.69) is 6.07 Å². The highest BCUT2D eigenvalue weighted by atomic mass is 16.5. The normalized spacial score (nSPS) is 10.8. The SMILES string of the molecule is COc1cc(C(C)(C)C#N)cc(OC)c1C. The van der Waals surface area contributed by atoms with Gasteiger partial charge in [0, 0.05) is 5.56 Å². The Morgan fingerprint density at radius 2 is 1.56 bits per heavy atom. The molecular weight excluding hydrogens is 202 g/mol. The van der Waals surface area contributed by atoms with Crippen molar-refractivity contribution in [3.63, 3.8) is 0 Å². The zero-order valence-electron chi connectivity index (χ0n) is 10.4. The third kappa shape index (κ3) is 2.11. The molecular formula is C13H17NO2. The molecule has 0 aliphatic heterocycles. The summed E-state index contributed by atoms with van der Waals surface area (Å²) in [6, 6.07) is 6.05. The first-order valence-corrected chi connectivity index (χ1v) is 5.10. The van der Waals surface area contributed by atoms with Crippen LogP contribution in [0.2, 0.25) is 0 Å². The van der Waals surface area contributed by atoms with Crippen molar-refractivity contribution in [2.45, 2.75) is 26.2 Å². The summed E-state index contributed by atoms with van der Waals surface area (Å²) in [5.41, 5.74) is 1.30. The maximum Gasteiger partial charge on any atom is 0.125 e. The Morgan fingerprint density at radius 3 is 1.88 bits per heavy atom. The van der Waals surface area contributed by atoms with Crippen LogP contribution in [0.5, 0.6) is 11.5 Å². The van der Waals surface area contributed by atoms with E-state index in [1.165, 1.54) is 0 Å². The zero-order valence-corrected chi connectivity index (χ0v) is 10.4. The molecule has 0 aliphatic carbocycles. The Labute approximate surface area is 96.6 Å². The van der Waals surface area contributed by atoms with Gasteiger partial charge in [0.15, 0.2) is 0 Å². The molecule has 0 spiro atoms. The van der Waals surface area contributed by atoms with Crippen LogP contribution >= 0.6 is 0 Å². The van der Waals surface area contributed by atoms with Crippen molar-refractivity contribution in [3.8, 4) is 17.6 Å². The molecule has 3 nitrogen and oxygen atoms in total. The number of nitriles is 1. The number of hydrogen-bond donors (Lipinski definition) is 0. The number of hydrogen-bond acceptors (Lipinski definition) is 3. The molecule has 1 rings (SSSR count). The minimum atomic E-state index is -0.547. The van der Waals surface area contributed by atoms with Crippen LogP contribution in [0.3, 0.4) is 0 Å². The standard InChI is InChI=1S/C13H17NO2/c1-9-11(15-4)6-10(7-12(9)16-5)13(2,3)8-14/h6-7H,1-5H3. The summed E-state index contributed by atoms with van der Waals surface area (Å²) in [5, 5.41) is 9.11. The number of ether oxygens (including phenoxy) is 2. The summed E-state index contributed by atoms with van der Waals surface area (Å²) in [6.07, 6.45) is 0. The van der Waals surface area contributed by atoms with Gasteiger partial charge in [0.1, 0.15) is 11.5 Å². The Bertz CT molecular complexity index is 405. The molecule has 0 saturated carbocycles. The Morgan fingerprint density at radius 1 is 1.12 bits per heavy atom. The second-order valence-corrected chi connectivity index (χ2v) is 4.24. The van der Waals surface area contributed by atoms with E-state index in [4.69, 9.17) is 14.7 Å². The van der Waals surface area contributed by atoms with Gasteiger partial charge in [-0.25, -0.2) is 0 Å². The molecule has 0 fully saturated rings. The first-order valence-electron chi connectivity index (χ1n) is 5.10. The minimum absolute atomic E-state index is 0.547. The van der Waals surface area contributed by atoms with Crippen molar-refractivity contribution in [1.82, 2.24) is 0 Å². The van der Waals surface area contributed by atoms with Gasteiger partial charge in [0.25, 0.3) is 0 Å². The molecule has 0 heterocycles. The Balaban J connectivity index is 3.40. The lowest BCUT2D eigenvalue weighted by Gasteiger charge is -2.19. The van der Waals surface area contributed by atoms with Crippen molar-refractivity contribution in [3.05, 3.63) is 23.3 Å². The molecule has 0 aromatic heterocycles. The molecule has 0 aliphatic rings. The average molecular weight is 219 g/mol. The zero-order chi connectivity index (χ0) is 12.3. The van der Waals surface area contributed by atoms with Crippen LogP contribution in [0.4, 0.5) is 0 Å². The summed E-state index contributed by atoms with van der Waals surface area (Å²) in [6.45, 7) is 5.67. The van der Waals surface area contributed by atoms with Crippen LogP contribution in [0, 0.1) is 18.3 Å². The lowest BCUT2D eigenvalue weighted by atomic mass is 9.85. The van der Waals surface area contributed by atoms with Crippen LogP contribution in [0.25, 0.3) is 0 Å². The third-order valence-electron chi connectivity index (χ3n) is 2.75. The van der Waals surface area contributed by atoms with E-state index >= 15 is 0 Å². The topological polar surface area (TPSA) is 42.2 Å². The van der Waals surface area contributed by atoms with E-state index in [0.717, 1.165) is 22.6 Å². The summed E-state index contributed by atoms with van der Waals surface area (Å²) < 4.78 is 10.6. The van der Waals surface area contributed by atoms with Crippen molar-refractivity contribution in [2.75, 3.05) is 14.2 Å². The molecule has 0 amide bonds. The number of benzene rings is 1. The van der Waals surface area contributed by atoms with Crippen LogP contribution in [-0.4, -0.2) is 14.2 Å². The quantitative estimate of drug-likeness (QED) is 0.785. The molecule has 1 aromatic rings. The maximum atomic E-state index is 9.11. The summed E-state index contributed by atoms with van der Waals surface area (Å²) in [4.78, 5) is 0. The van der Waals surface area contributed by atoms with Crippen LogP contribution in [0.1, 0.15) is 25.0 Å². The molecule has 86 valence electrons. The molecule has 0 unspecified atom stereocenters. The van der Waals surface area contributed by atoms with Gasteiger partial charge in [-0.15, -0.1) is 0 Å². The fourth-order valence-electron chi connectivity index (χ4n) is 1.51. The summed E-state index contributed by atoms with van der Waals surface area (Å²) >= 11 is 0. The van der Waals surface area contributed by atoms with Crippen molar-refractivity contribution in [2.24, 2.45) is 0 Å². The van der Waals surface area contributed by atoms with Gasteiger partial charge in [0.2, 0.25) is 0 Å². The third-order valence-corrected chi connectivity index (χ3v) is 2.75. The van der Waals surface area contributed by atoms with Gasteiger partial charge in [-0.05, 0) is 38.5 Å².